The number of nitrogens with one attached hydrogen (secondary N) is 1. The number of rotatable bonds is 5. The predicted octanol–water partition coefficient (Wildman–Crippen LogP) is 2.23. The van der Waals surface area contributed by atoms with Crippen molar-refractivity contribution in [2.24, 2.45) is 0 Å². The Labute approximate surface area is 166 Å². The molecule has 0 amide bonds. The van der Waals surface area contributed by atoms with Gasteiger partial charge in [-0.05, 0) is 30.3 Å². The minimum absolute atomic E-state index is 0.270. The number of hydrogen-bond acceptors (Lipinski definition) is 8. The molecule has 9 heteroatoms. The fourth-order valence-corrected chi connectivity index (χ4v) is 3.14. The number of morpholine rings is 1. The summed E-state index contributed by atoms with van der Waals surface area (Å²) >= 11 is 0. The van der Waals surface area contributed by atoms with Gasteiger partial charge in [-0.1, -0.05) is 6.07 Å². The highest BCUT2D eigenvalue weighted by molar-refractivity contribution is 5.80. The van der Waals surface area contributed by atoms with Crippen molar-refractivity contribution < 1.29 is 9.47 Å². The molecule has 0 saturated carbocycles. The van der Waals surface area contributed by atoms with E-state index >= 15 is 0 Å². The third-order valence-corrected chi connectivity index (χ3v) is 4.65. The Balaban J connectivity index is 1.50. The van der Waals surface area contributed by atoms with Crippen LogP contribution in [0.25, 0.3) is 22.4 Å². The third-order valence-electron chi connectivity index (χ3n) is 4.65. The smallest absolute Gasteiger partial charge is 0.322 e. The van der Waals surface area contributed by atoms with Crippen LogP contribution in [0.3, 0.4) is 0 Å². The van der Waals surface area contributed by atoms with Gasteiger partial charge in [0, 0.05) is 24.8 Å². The monoisotopic (exact) mass is 389 g/mol. The van der Waals surface area contributed by atoms with Gasteiger partial charge in [0.05, 0.1) is 36.3 Å². The lowest BCUT2D eigenvalue weighted by Gasteiger charge is -2.27. The number of aromatic nitrogens is 6. The van der Waals surface area contributed by atoms with Crippen LogP contribution in [0.1, 0.15) is 5.69 Å². The molecule has 0 atom stereocenters. The van der Waals surface area contributed by atoms with E-state index in [0.29, 0.717) is 25.0 Å². The van der Waals surface area contributed by atoms with E-state index in [0.717, 1.165) is 35.4 Å². The maximum Gasteiger partial charge on any atom is 0.322 e. The summed E-state index contributed by atoms with van der Waals surface area (Å²) in [6, 6.07) is 11.8. The van der Waals surface area contributed by atoms with E-state index in [1.54, 1.807) is 12.5 Å². The molecule has 4 heterocycles. The highest BCUT2D eigenvalue weighted by Crippen LogP contribution is 2.24. The topological polar surface area (TPSA) is 102 Å². The standard InChI is InChI=1S/C20H19N7O2/c1-2-6-21-15(3-1)12-29-20-25-18(14-4-5-16-17(11-14)23-13-22-16)24-19(26-20)27-7-9-28-10-8-27/h1-6,11,13H,7-10,12H2,(H,22,23). The van der Waals surface area contributed by atoms with Gasteiger partial charge >= 0.3 is 6.01 Å². The molecule has 5 rings (SSSR count). The number of anilines is 1. The van der Waals surface area contributed by atoms with Crippen LogP contribution in [-0.4, -0.2) is 56.2 Å². The van der Waals surface area contributed by atoms with E-state index in [1.165, 1.54) is 0 Å². The highest BCUT2D eigenvalue weighted by atomic mass is 16.5. The molecule has 0 spiro atoms. The van der Waals surface area contributed by atoms with Crippen LogP contribution in [0.15, 0.2) is 48.9 Å². The largest absolute Gasteiger partial charge is 0.457 e. The maximum atomic E-state index is 5.86. The second kappa shape index (κ2) is 7.80. The summed E-state index contributed by atoms with van der Waals surface area (Å²) in [5.41, 5.74) is 3.48. The zero-order chi connectivity index (χ0) is 19.5. The SMILES string of the molecule is c1ccc(COc2nc(-c3ccc4nc[nH]c4c3)nc(N3CCOCC3)n2)nc1. The molecule has 1 N–H and O–H groups in total. The van der Waals surface area contributed by atoms with Gasteiger partial charge in [-0.2, -0.15) is 15.0 Å². The average molecular weight is 389 g/mol. The average Bonchev–Trinajstić information content (AvgIpc) is 3.27. The Hall–Kier alpha value is -3.59. The number of pyridine rings is 1. The molecule has 1 aliphatic rings. The molecule has 1 saturated heterocycles. The summed E-state index contributed by atoms with van der Waals surface area (Å²) in [5, 5.41) is 0. The first-order chi connectivity index (χ1) is 14.3. The lowest BCUT2D eigenvalue weighted by Crippen LogP contribution is -2.37. The van der Waals surface area contributed by atoms with Crippen molar-refractivity contribution in [1.29, 1.82) is 0 Å². The molecule has 0 aliphatic carbocycles. The maximum absolute atomic E-state index is 5.86. The van der Waals surface area contributed by atoms with Gasteiger partial charge in [0.15, 0.2) is 5.82 Å². The molecule has 3 aromatic heterocycles. The Kier molecular flexibility index (Phi) is 4.71. The Bertz CT molecular complexity index is 1110. The fourth-order valence-electron chi connectivity index (χ4n) is 3.14. The molecule has 0 radical (unpaired) electrons. The minimum atomic E-state index is 0.270. The molecule has 29 heavy (non-hydrogen) atoms. The van der Waals surface area contributed by atoms with Crippen molar-refractivity contribution in [3.63, 3.8) is 0 Å². The molecule has 1 aromatic carbocycles. The van der Waals surface area contributed by atoms with Crippen LogP contribution in [-0.2, 0) is 11.3 Å². The van der Waals surface area contributed by atoms with E-state index in [-0.39, 0.29) is 12.6 Å². The Morgan fingerprint density at radius 3 is 2.83 bits per heavy atom. The number of imidazole rings is 1. The summed E-state index contributed by atoms with van der Waals surface area (Å²) in [6.45, 7) is 3.02. The quantitative estimate of drug-likeness (QED) is 0.554. The molecule has 9 nitrogen and oxygen atoms in total. The summed E-state index contributed by atoms with van der Waals surface area (Å²) in [6.07, 6.45) is 3.40. The van der Waals surface area contributed by atoms with E-state index in [1.807, 2.05) is 36.4 Å². The van der Waals surface area contributed by atoms with Gasteiger partial charge in [0.25, 0.3) is 0 Å². The lowest BCUT2D eigenvalue weighted by atomic mass is 10.2. The van der Waals surface area contributed by atoms with Crippen LogP contribution < -0.4 is 9.64 Å². The van der Waals surface area contributed by atoms with Gasteiger partial charge in [0.2, 0.25) is 5.95 Å². The summed E-state index contributed by atoms with van der Waals surface area (Å²) in [4.78, 5) is 27.5. The van der Waals surface area contributed by atoms with E-state index in [2.05, 4.69) is 29.8 Å². The van der Waals surface area contributed by atoms with Gasteiger partial charge in [-0.25, -0.2) is 4.98 Å². The van der Waals surface area contributed by atoms with Crippen molar-refractivity contribution in [3.05, 3.63) is 54.6 Å². The van der Waals surface area contributed by atoms with Crippen LogP contribution in [0.5, 0.6) is 6.01 Å². The third kappa shape index (κ3) is 3.85. The number of fused-ring (bicyclic) bond motifs is 1. The molecular weight excluding hydrogens is 370 g/mol. The van der Waals surface area contributed by atoms with Crippen molar-refractivity contribution in [1.82, 2.24) is 29.9 Å². The zero-order valence-electron chi connectivity index (χ0n) is 15.7. The number of H-pyrrole nitrogens is 1. The van der Waals surface area contributed by atoms with Crippen LogP contribution >= 0.6 is 0 Å². The first-order valence-corrected chi connectivity index (χ1v) is 9.40. The van der Waals surface area contributed by atoms with Crippen molar-refractivity contribution in [2.75, 3.05) is 31.2 Å². The van der Waals surface area contributed by atoms with Crippen LogP contribution in [0.4, 0.5) is 5.95 Å². The zero-order valence-corrected chi connectivity index (χ0v) is 15.7. The van der Waals surface area contributed by atoms with Gasteiger partial charge in [-0.3, -0.25) is 4.98 Å². The molecule has 0 unspecified atom stereocenters. The number of hydrogen-bond donors (Lipinski definition) is 1. The van der Waals surface area contributed by atoms with Crippen molar-refractivity contribution in [2.45, 2.75) is 6.61 Å². The van der Waals surface area contributed by atoms with Crippen LogP contribution in [0, 0.1) is 0 Å². The van der Waals surface area contributed by atoms with Gasteiger partial charge in [0.1, 0.15) is 6.61 Å². The lowest BCUT2D eigenvalue weighted by molar-refractivity contribution is 0.122. The van der Waals surface area contributed by atoms with Gasteiger partial charge in [-0.15, -0.1) is 0 Å². The van der Waals surface area contributed by atoms with E-state index in [4.69, 9.17) is 14.5 Å². The summed E-state index contributed by atoms with van der Waals surface area (Å²) in [5.74, 6) is 1.13. The molecular formula is C20H19N7O2. The molecule has 4 aromatic rings. The van der Waals surface area contributed by atoms with E-state index in [9.17, 15) is 0 Å². The molecule has 0 bridgehead atoms. The Morgan fingerprint density at radius 1 is 1.03 bits per heavy atom. The molecule has 1 aliphatic heterocycles. The highest BCUT2D eigenvalue weighted by Gasteiger charge is 2.18. The second-order valence-corrected chi connectivity index (χ2v) is 6.59. The second-order valence-electron chi connectivity index (χ2n) is 6.59. The minimum Gasteiger partial charge on any atom is -0.457 e. The van der Waals surface area contributed by atoms with Crippen molar-refractivity contribution in [3.8, 4) is 17.4 Å². The van der Waals surface area contributed by atoms with Crippen LogP contribution in [0.2, 0.25) is 0 Å². The summed E-state index contributed by atoms with van der Waals surface area (Å²) in [7, 11) is 0. The van der Waals surface area contributed by atoms with Crippen molar-refractivity contribution >= 4 is 17.0 Å². The Morgan fingerprint density at radius 2 is 1.97 bits per heavy atom. The van der Waals surface area contributed by atoms with Gasteiger partial charge < -0.3 is 19.4 Å². The molecule has 146 valence electrons. The molecule has 1 fully saturated rings. The predicted molar refractivity (Wildman–Crippen MR) is 107 cm³/mol. The van der Waals surface area contributed by atoms with E-state index < -0.39 is 0 Å². The number of nitrogens with zero attached hydrogens (tertiary/aromatic N) is 6. The normalized spacial score (nSPS) is 14.3. The first-order valence-electron chi connectivity index (χ1n) is 9.40. The summed E-state index contributed by atoms with van der Waals surface area (Å²) < 4.78 is 11.3. The first kappa shape index (κ1) is 17.5. The number of aromatic amines is 1. The fraction of sp³-hybridized carbons (Fsp3) is 0.250. The number of ether oxygens (including phenoxy) is 2. The number of benzene rings is 1.